The highest BCUT2D eigenvalue weighted by Crippen LogP contribution is 2.10. The van der Waals surface area contributed by atoms with Crippen LogP contribution in [0.4, 0.5) is 0 Å². The number of carboxylic acid groups (broad SMARTS) is 1. The van der Waals surface area contributed by atoms with Gasteiger partial charge in [0, 0.05) is 6.92 Å². The van der Waals surface area contributed by atoms with Gasteiger partial charge in [-0.15, -0.1) is 0 Å². The predicted molar refractivity (Wildman–Crippen MR) is 67.3 cm³/mol. The van der Waals surface area contributed by atoms with E-state index in [1.54, 1.807) is 0 Å². The Balaban J connectivity index is 2.43. The quantitative estimate of drug-likeness (QED) is 0.786. The molecule has 18 heavy (non-hydrogen) atoms. The van der Waals surface area contributed by atoms with Crippen molar-refractivity contribution >= 4 is 11.9 Å². The van der Waals surface area contributed by atoms with Gasteiger partial charge in [-0.2, -0.15) is 0 Å². The van der Waals surface area contributed by atoms with Crippen molar-refractivity contribution in [1.82, 2.24) is 0 Å². The molecule has 0 aliphatic rings. The van der Waals surface area contributed by atoms with E-state index in [0.717, 1.165) is 24.0 Å². The first-order valence-corrected chi connectivity index (χ1v) is 5.94. The third-order valence-electron chi connectivity index (χ3n) is 2.59. The van der Waals surface area contributed by atoms with Crippen molar-refractivity contribution in [3.63, 3.8) is 0 Å². The third-order valence-corrected chi connectivity index (χ3v) is 2.59. The number of hydrogen-bond donors (Lipinski definition) is 1. The van der Waals surface area contributed by atoms with Crippen LogP contribution >= 0.6 is 0 Å². The molecule has 0 saturated heterocycles. The number of esters is 1. The molecule has 4 nitrogen and oxygen atoms in total. The molecule has 0 aromatic heterocycles. The molecule has 0 spiro atoms. The molecule has 0 saturated carbocycles. The van der Waals surface area contributed by atoms with Gasteiger partial charge in [0.15, 0.2) is 0 Å². The molecule has 0 aliphatic carbocycles. The molecule has 1 unspecified atom stereocenters. The van der Waals surface area contributed by atoms with Gasteiger partial charge in [0.25, 0.3) is 0 Å². The van der Waals surface area contributed by atoms with E-state index in [4.69, 9.17) is 9.84 Å². The second kappa shape index (κ2) is 6.79. The van der Waals surface area contributed by atoms with Crippen LogP contribution in [0.1, 0.15) is 31.4 Å². The minimum atomic E-state index is -0.828. The first kappa shape index (κ1) is 14.2. The van der Waals surface area contributed by atoms with Gasteiger partial charge in [0.2, 0.25) is 0 Å². The number of ether oxygens (including phenoxy) is 1. The van der Waals surface area contributed by atoms with Crippen LogP contribution in [0.25, 0.3) is 0 Å². The van der Waals surface area contributed by atoms with Crippen LogP contribution in [0.2, 0.25) is 0 Å². The maximum absolute atomic E-state index is 10.7. The first-order valence-electron chi connectivity index (χ1n) is 5.94. The summed E-state index contributed by atoms with van der Waals surface area (Å²) >= 11 is 0. The predicted octanol–water partition coefficient (Wildman–Crippen LogP) is 2.20. The largest absolute Gasteiger partial charge is 0.481 e. The van der Waals surface area contributed by atoms with E-state index in [9.17, 15) is 9.59 Å². The average Bonchev–Trinajstić information content (AvgIpc) is 2.26. The van der Waals surface area contributed by atoms with Crippen LogP contribution in [0.3, 0.4) is 0 Å². The topological polar surface area (TPSA) is 63.6 Å². The zero-order chi connectivity index (χ0) is 13.5. The SMILES string of the molecule is CC(=O)OC(C)CCc1ccc(CC(=O)O)cc1. The highest BCUT2D eigenvalue weighted by atomic mass is 16.5. The molecule has 0 heterocycles. The summed E-state index contributed by atoms with van der Waals surface area (Å²) in [5.74, 6) is -1.09. The molecule has 1 N–H and O–H groups in total. The van der Waals surface area contributed by atoms with Crippen molar-refractivity contribution < 1.29 is 19.4 Å². The number of carbonyl (C=O) groups is 2. The van der Waals surface area contributed by atoms with Crippen LogP contribution in [-0.2, 0) is 27.2 Å². The van der Waals surface area contributed by atoms with E-state index < -0.39 is 5.97 Å². The fraction of sp³-hybridized carbons (Fsp3) is 0.429. The van der Waals surface area contributed by atoms with Crippen molar-refractivity contribution in [2.75, 3.05) is 0 Å². The lowest BCUT2D eigenvalue weighted by atomic mass is 10.0. The van der Waals surface area contributed by atoms with Crippen LogP contribution in [0.15, 0.2) is 24.3 Å². The van der Waals surface area contributed by atoms with Gasteiger partial charge in [0.1, 0.15) is 0 Å². The molecule has 1 rings (SSSR count). The Morgan fingerprint density at radius 2 is 1.78 bits per heavy atom. The number of carbonyl (C=O) groups excluding carboxylic acids is 1. The highest BCUT2D eigenvalue weighted by Gasteiger charge is 2.06. The minimum absolute atomic E-state index is 0.0458. The van der Waals surface area contributed by atoms with Gasteiger partial charge < -0.3 is 9.84 Å². The molecule has 0 aliphatic heterocycles. The van der Waals surface area contributed by atoms with E-state index in [-0.39, 0.29) is 18.5 Å². The van der Waals surface area contributed by atoms with Crippen molar-refractivity contribution in [2.45, 2.75) is 39.2 Å². The molecule has 0 radical (unpaired) electrons. The van der Waals surface area contributed by atoms with Gasteiger partial charge in [-0.25, -0.2) is 0 Å². The molecule has 1 aromatic carbocycles. The standard InChI is InChI=1S/C14H18O4/c1-10(18-11(2)15)3-4-12-5-7-13(8-6-12)9-14(16)17/h5-8,10H,3-4,9H2,1-2H3,(H,16,17). The molecular formula is C14H18O4. The number of benzene rings is 1. The average molecular weight is 250 g/mol. The van der Waals surface area contributed by atoms with Gasteiger partial charge in [0.05, 0.1) is 12.5 Å². The lowest BCUT2D eigenvalue weighted by molar-refractivity contribution is -0.145. The van der Waals surface area contributed by atoms with Gasteiger partial charge in [-0.1, -0.05) is 24.3 Å². The first-order chi connectivity index (χ1) is 8.47. The number of rotatable bonds is 6. The van der Waals surface area contributed by atoms with Crippen molar-refractivity contribution in [3.05, 3.63) is 35.4 Å². The zero-order valence-corrected chi connectivity index (χ0v) is 10.7. The van der Waals surface area contributed by atoms with E-state index in [1.807, 2.05) is 31.2 Å². The van der Waals surface area contributed by atoms with E-state index in [0.29, 0.717) is 0 Å². The van der Waals surface area contributed by atoms with Crippen LogP contribution in [-0.4, -0.2) is 23.1 Å². The Morgan fingerprint density at radius 3 is 2.28 bits per heavy atom. The molecule has 4 heteroatoms. The molecular weight excluding hydrogens is 232 g/mol. The van der Waals surface area contributed by atoms with E-state index in [2.05, 4.69) is 0 Å². The molecule has 0 amide bonds. The van der Waals surface area contributed by atoms with E-state index >= 15 is 0 Å². The van der Waals surface area contributed by atoms with Crippen LogP contribution in [0, 0.1) is 0 Å². The fourth-order valence-electron chi connectivity index (χ4n) is 1.71. The summed E-state index contributed by atoms with van der Waals surface area (Å²) in [6.07, 6.45) is 1.52. The van der Waals surface area contributed by atoms with Gasteiger partial charge >= 0.3 is 11.9 Å². The molecule has 98 valence electrons. The van der Waals surface area contributed by atoms with Crippen molar-refractivity contribution in [2.24, 2.45) is 0 Å². The highest BCUT2D eigenvalue weighted by molar-refractivity contribution is 5.70. The van der Waals surface area contributed by atoms with Crippen LogP contribution in [0.5, 0.6) is 0 Å². The Hall–Kier alpha value is -1.84. The van der Waals surface area contributed by atoms with Crippen molar-refractivity contribution in [1.29, 1.82) is 0 Å². The second-order valence-corrected chi connectivity index (χ2v) is 4.35. The Kier molecular flexibility index (Phi) is 5.36. The fourth-order valence-corrected chi connectivity index (χ4v) is 1.71. The summed E-state index contributed by atoms with van der Waals surface area (Å²) in [7, 11) is 0. The molecule has 1 aromatic rings. The molecule has 0 fully saturated rings. The maximum Gasteiger partial charge on any atom is 0.307 e. The second-order valence-electron chi connectivity index (χ2n) is 4.35. The summed E-state index contributed by atoms with van der Waals surface area (Å²) in [5.41, 5.74) is 1.91. The monoisotopic (exact) mass is 250 g/mol. The maximum atomic E-state index is 10.7. The van der Waals surface area contributed by atoms with Crippen LogP contribution < -0.4 is 0 Å². The molecule has 0 bridgehead atoms. The number of carboxylic acids is 1. The zero-order valence-electron chi connectivity index (χ0n) is 10.7. The van der Waals surface area contributed by atoms with Crippen molar-refractivity contribution in [3.8, 4) is 0 Å². The lowest BCUT2D eigenvalue weighted by Gasteiger charge is -2.11. The number of hydrogen-bond acceptors (Lipinski definition) is 3. The lowest BCUT2D eigenvalue weighted by Crippen LogP contribution is -2.12. The number of aliphatic carboxylic acids is 1. The van der Waals surface area contributed by atoms with Gasteiger partial charge in [-0.05, 0) is 30.9 Å². The van der Waals surface area contributed by atoms with Gasteiger partial charge in [-0.3, -0.25) is 9.59 Å². The summed E-state index contributed by atoms with van der Waals surface area (Å²) in [4.78, 5) is 21.3. The Bertz CT molecular complexity index is 408. The van der Waals surface area contributed by atoms with E-state index in [1.165, 1.54) is 6.92 Å². The summed E-state index contributed by atoms with van der Waals surface area (Å²) in [6.45, 7) is 3.26. The summed E-state index contributed by atoms with van der Waals surface area (Å²) < 4.78 is 5.03. The number of aryl methyl sites for hydroxylation is 1. The summed E-state index contributed by atoms with van der Waals surface area (Å²) in [5, 5.41) is 8.65. The normalized spacial score (nSPS) is 11.9. The third kappa shape index (κ3) is 5.48. The minimum Gasteiger partial charge on any atom is -0.481 e. The Morgan fingerprint density at radius 1 is 1.22 bits per heavy atom. The summed E-state index contributed by atoms with van der Waals surface area (Å²) in [6, 6.07) is 7.47. The smallest absolute Gasteiger partial charge is 0.307 e. The Labute approximate surface area is 107 Å². The molecule has 1 atom stereocenters.